The smallest absolute Gasteiger partial charge is 0.336 e. The van der Waals surface area contributed by atoms with Crippen molar-refractivity contribution >= 4 is 17.7 Å². The van der Waals surface area contributed by atoms with Crippen LogP contribution in [-0.4, -0.2) is 114 Å². The summed E-state index contributed by atoms with van der Waals surface area (Å²) in [6.45, 7) is -2.14. The normalized spacial score (nSPS) is 19.8. The molecule has 0 rings (SSSR count). The van der Waals surface area contributed by atoms with Gasteiger partial charge in [0.2, 0.25) is 5.78 Å². The van der Waals surface area contributed by atoms with E-state index in [9.17, 15) is 34.8 Å². The van der Waals surface area contributed by atoms with E-state index < -0.39 is 73.6 Å². The maximum atomic E-state index is 11.8. The van der Waals surface area contributed by atoms with Crippen LogP contribution < -0.4 is 5.73 Å². The van der Waals surface area contributed by atoms with Crippen molar-refractivity contribution in [3.8, 4) is 0 Å². The fraction of sp³-hybridized carbons (Fsp3) is 0.750. The Kier molecular flexibility index (Phi) is 9.61. The van der Waals surface area contributed by atoms with Crippen molar-refractivity contribution in [2.24, 2.45) is 5.73 Å². The number of hydrogen-bond acceptors (Lipinski definition) is 12. The number of esters is 1. The monoisotopic (exact) mass is 371 g/mol. The Balaban J connectivity index is 5.25. The van der Waals surface area contributed by atoms with Crippen molar-refractivity contribution in [1.82, 2.24) is 0 Å². The zero-order valence-corrected chi connectivity index (χ0v) is 12.7. The Bertz CT molecular complexity index is 471. The van der Waals surface area contributed by atoms with E-state index in [0.29, 0.717) is 0 Å². The topological polar surface area (TPSA) is 248 Å². The van der Waals surface area contributed by atoms with E-state index in [0.717, 1.165) is 0 Å². The van der Waals surface area contributed by atoms with Gasteiger partial charge in [0.15, 0.2) is 12.2 Å². The largest absolute Gasteiger partial charge is 0.479 e. The van der Waals surface area contributed by atoms with Crippen molar-refractivity contribution in [2.45, 2.75) is 42.7 Å². The fourth-order valence-corrected chi connectivity index (χ4v) is 1.58. The SMILES string of the molecule is N[C@@H](C(=O)OC(C(=O)C(O)CO)C(O)C(=O)O)[C@@H](O)[C@H](O)[C@H](O)CO. The van der Waals surface area contributed by atoms with Crippen LogP contribution in [0.2, 0.25) is 0 Å². The lowest BCUT2D eigenvalue weighted by atomic mass is 10.0. The number of hydrogen-bond donors (Lipinski definition) is 9. The summed E-state index contributed by atoms with van der Waals surface area (Å²) in [5.74, 6) is -5.22. The molecule has 0 amide bonds. The first-order valence-corrected chi connectivity index (χ1v) is 6.84. The lowest BCUT2D eigenvalue weighted by Crippen LogP contribution is -2.56. The molecule has 3 unspecified atom stereocenters. The first kappa shape index (κ1) is 23.3. The van der Waals surface area contributed by atoms with Crippen molar-refractivity contribution in [1.29, 1.82) is 0 Å². The highest BCUT2D eigenvalue weighted by atomic mass is 16.6. The number of carbonyl (C=O) groups is 3. The number of Topliss-reactive ketones (excluding diaryl/α,β-unsaturated/α-hetero) is 1. The Hall–Kier alpha value is -1.71. The summed E-state index contributed by atoms with van der Waals surface area (Å²) >= 11 is 0. The van der Waals surface area contributed by atoms with Crippen LogP contribution in [0.4, 0.5) is 0 Å². The molecule has 0 heterocycles. The van der Waals surface area contributed by atoms with Crippen LogP contribution in [0.15, 0.2) is 0 Å². The molecule has 7 atom stereocenters. The molecule has 13 nitrogen and oxygen atoms in total. The third kappa shape index (κ3) is 6.26. The first-order chi connectivity index (χ1) is 11.5. The maximum absolute atomic E-state index is 11.8. The van der Waals surface area contributed by atoms with Crippen LogP contribution in [-0.2, 0) is 19.1 Å². The number of carboxylic acids is 1. The van der Waals surface area contributed by atoms with E-state index in [1.54, 1.807) is 0 Å². The van der Waals surface area contributed by atoms with Crippen LogP contribution >= 0.6 is 0 Å². The second-order valence-electron chi connectivity index (χ2n) is 5.00. The van der Waals surface area contributed by atoms with E-state index in [1.165, 1.54) is 0 Å². The molecule has 0 fully saturated rings. The summed E-state index contributed by atoms with van der Waals surface area (Å²) in [6, 6.07) is -2.11. The van der Waals surface area contributed by atoms with Gasteiger partial charge in [0.1, 0.15) is 30.5 Å². The van der Waals surface area contributed by atoms with Gasteiger partial charge in [-0.3, -0.25) is 9.59 Å². The molecule has 0 aromatic rings. The number of carbonyl (C=O) groups excluding carboxylic acids is 2. The molecule has 0 aromatic heterocycles. The molecule has 25 heavy (non-hydrogen) atoms. The Morgan fingerprint density at radius 3 is 1.84 bits per heavy atom. The summed E-state index contributed by atoms with van der Waals surface area (Å²) in [5, 5.41) is 72.8. The first-order valence-electron chi connectivity index (χ1n) is 6.84. The van der Waals surface area contributed by atoms with Crippen LogP contribution in [0, 0.1) is 0 Å². The number of aliphatic hydroxyl groups is 7. The van der Waals surface area contributed by atoms with E-state index >= 15 is 0 Å². The molecular weight excluding hydrogens is 350 g/mol. The third-order valence-corrected chi connectivity index (χ3v) is 3.14. The minimum absolute atomic E-state index is 0.985. The van der Waals surface area contributed by atoms with Crippen molar-refractivity contribution < 1.29 is 60.0 Å². The number of carboxylic acid groups (broad SMARTS) is 1. The summed E-state index contributed by atoms with van der Waals surface area (Å²) in [4.78, 5) is 34.2. The third-order valence-electron chi connectivity index (χ3n) is 3.14. The highest BCUT2D eigenvalue weighted by Gasteiger charge is 2.41. The molecule has 0 aliphatic rings. The zero-order chi connectivity index (χ0) is 19.9. The number of aliphatic carboxylic acids is 1. The highest BCUT2D eigenvalue weighted by molar-refractivity contribution is 5.94. The molecule has 0 bridgehead atoms. The van der Waals surface area contributed by atoms with E-state index in [-0.39, 0.29) is 0 Å². The van der Waals surface area contributed by atoms with Crippen molar-refractivity contribution in [3.63, 3.8) is 0 Å². The Morgan fingerprint density at radius 1 is 0.920 bits per heavy atom. The van der Waals surface area contributed by atoms with Gasteiger partial charge in [0, 0.05) is 0 Å². The maximum Gasteiger partial charge on any atom is 0.336 e. The highest BCUT2D eigenvalue weighted by Crippen LogP contribution is 2.10. The summed E-state index contributed by atoms with van der Waals surface area (Å²) < 4.78 is 4.37. The predicted octanol–water partition coefficient (Wildman–Crippen LogP) is -6.33. The van der Waals surface area contributed by atoms with Gasteiger partial charge in [-0.25, -0.2) is 4.79 Å². The molecule has 0 saturated heterocycles. The molecule has 146 valence electrons. The second-order valence-corrected chi connectivity index (χ2v) is 5.00. The van der Waals surface area contributed by atoms with Crippen molar-refractivity contribution in [2.75, 3.05) is 13.2 Å². The van der Waals surface area contributed by atoms with Gasteiger partial charge >= 0.3 is 11.9 Å². The molecule has 0 saturated carbocycles. The van der Waals surface area contributed by atoms with Gasteiger partial charge in [-0.05, 0) is 0 Å². The van der Waals surface area contributed by atoms with E-state index in [2.05, 4.69) is 4.74 Å². The second kappa shape index (κ2) is 10.3. The lowest BCUT2D eigenvalue weighted by molar-refractivity contribution is -0.177. The number of ketones is 1. The average molecular weight is 371 g/mol. The predicted molar refractivity (Wildman–Crippen MR) is 74.7 cm³/mol. The van der Waals surface area contributed by atoms with E-state index in [1.807, 2.05) is 0 Å². The minimum Gasteiger partial charge on any atom is -0.479 e. The molecule has 0 aliphatic heterocycles. The van der Waals surface area contributed by atoms with Gasteiger partial charge in [0.05, 0.1) is 13.2 Å². The quantitative estimate of drug-likeness (QED) is 0.153. The minimum atomic E-state index is -2.62. The Morgan fingerprint density at radius 2 is 1.44 bits per heavy atom. The van der Waals surface area contributed by atoms with Gasteiger partial charge < -0.3 is 51.3 Å². The number of aliphatic hydroxyl groups excluding tert-OH is 7. The molecule has 0 aliphatic carbocycles. The molecule has 0 spiro atoms. The van der Waals surface area contributed by atoms with Crippen LogP contribution in [0.5, 0.6) is 0 Å². The summed E-state index contributed by atoms with van der Waals surface area (Å²) in [6.07, 6.45) is -13.4. The van der Waals surface area contributed by atoms with Gasteiger partial charge in [0.25, 0.3) is 0 Å². The average Bonchev–Trinajstić information content (AvgIpc) is 2.60. The molecule has 0 radical (unpaired) electrons. The van der Waals surface area contributed by atoms with Crippen LogP contribution in [0.3, 0.4) is 0 Å². The Labute approximate surface area is 140 Å². The summed E-state index contributed by atoms with van der Waals surface area (Å²) in [5.41, 5.74) is 5.26. The van der Waals surface area contributed by atoms with Crippen molar-refractivity contribution in [3.05, 3.63) is 0 Å². The van der Waals surface area contributed by atoms with Gasteiger partial charge in [-0.2, -0.15) is 0 Å². The summed E-state index contributed by atoms with van der Waals surface area (Å²) in [7, 11) is 0. The number of nitrogens with two attached hydrogens (primary N) is 1. The lowest BCUT2D eigenvalue weighted by Gasteiger charge is -2.27. The van der Waals surface area contributed by atoms with Crippen LogP contribution in [0.25, 0.3) is 0 Å². The molecule has 10 N–H and O–H groups in total. The van der Waals surface area contributed by atoms with E-state index in [4.69, 9.17) is 26.2 Å². The number of rotatable bonds is 11. The molecular formula is C12H21NO12. The van der Waals surface area contributed by atoms with Gasteiger partial charge in [-0.1, -0.05) is 0 Å². The van der Waals surface area contributed by atoms with Gasteiger partial charge in [-0.15, -0.1) is 0 Å². The standard InChI is InChI=1S/C12H21NO12/c13-5(8(20)6(18)3(16)1-14)12(24)25-10(9(21)11(22)23)7(19)4(17)2-15/h3-6,8-10,14-18,20-21H,1-2,13H2,(H,22,23)/t3-,4?,5-,6-,8-,9?,10?/m1/s1. The molecule has 0 aromatic carbocycles. The number of ether oxygens (including phenoxy) is 1. The van der Waals surface area contributed by atoms with Crippen LogP contribution in [0.1, 0.15) is 0 Å². The zero-order valence-electron chi connectivity index (χ0n) is 12.7. The molecule has 13 heteroatoms. The fourth-order valence-electron chi connectivity index (χ4n) is 1.58.